The normalized spacial score (nSPS) is 18.7. The molecule has 5 nitrogen and oxygen atoms in total. The molecule has 0 spiro atoms. The summed E-state index contributed by atoms with van der Waals surface area (Å²) >= 11 is 1.57. The number of aromatic nitrogens is 2. The van der Waals surface area contributed by atoms with E-state index in [1.54, 1.807) is 11.8 Å². The van der Waals surface area contributed by atoms with Crippen molar-refractivity contribution in [3.8, 4) is 0 Å². The van der Waals surface area contributed by atoms with Crippen LogP contribution in [-0.2, 0) is 4.79 Å². The summed E-state index contributed by atoms with van der Waals surface area (Å²) in [5.41, 5.74) is 3.00. The van der Waals surface area contributed by atoms with Crippen LogP contribution in [-0.4, -0.2) is 21.5 Å². The average molecular weight is 396 g/mol. The first-order chi connectivity index (χ1) is 13.5. The fraction of sp³-hybridized carbons (Fsp3) is 0.409. The van der Waals surface area contributed by atoms with E-state index in [0.717, 1.165) is 41.8 Å². The van der Waals surface area contributed by atoms with E-state index in [-0.39, 0.29) is 17.3 Å². The lowest BCUT2D eigenvalue weighted by molar-refractivity contribution is -0.116. The number of fused-ring (bicyclic) bond motifs is 1. The Morgan fingerprint density at radius 1 is 1.18 bits per heavy atom. The first-order valence-electron chi connectivity index (χ1n) is 9.90. The quantitative estimate of drug-likeness (QED) is 0.577. The summed E-state index contributed by atoms with van der Waals surface area (Å²) in [6, 6.07) is 9.80. The van der Waals surface area contributed by atoms with E-state index >= 15 is 0 Å². The third kappa shape index (κ3) is 3.65. The third-order valence-electron chi connectivity index (χ3n) is 5.30. The molecule has 1 aliphatic carbocycles. The molecular weight excluding hydrogens is 370 g/mol. The molecule has 0 fully saturated rings. The molecular formula is C22H25N3O2S. The van der Waals surface area contributed by atoms with Gasteiger partial charge in [-0.1, -0.05) is 55.9 Å². The zero-order valence-corrected chi connectivity index (χ0v) is 17.1. The minimum atomic E-state index is -0.355. The molecule has 1 aliphatic heterocycles. The van der Waals surface area contributed by atoms with Crippen LogP contribution in [0.2, 0.25) is 0 Å². The Balaban J connectivity index is 1.79. The molecule has 6 heteroatoms. The van der Waals surface area contributed by atoms with Gasteiger partial charge in [0, 0.05) is 29.4 Å². The Morgan fingerprint density at radius 2 is 1.96 bits per heavy atom. The summed E-state index contributed by atoms with van der Waals surface area (Å²) in [6.07, 6.45) is 3.25. The summed E-state index contributed by atoms with van der Waals surface area (Å²) in [7, 11) is 0. The van der Waals surface area contributed by atoms with Gasteiger partial charge in [-0.05, 0) is 30.7 Å². The second-order valence-corrected chi connectivity index (χ2v) is 8.89. The Kier molecular flexibility index (Phi) is 5.40. The largest absolute Gasteiger partial charge is 0.343 e. The van der Waals surface area contributed by atoms with Gasteiger partial charge in [-0.2, -0.15) is 0 Å². The van der Waals surface area contributed by atoms with Gasteiger partial charge in [0.2, 0.25) is 0 Å². The summed E-state index contributed by atoms with van der Waals surface area (Å²) < 4.78 is 0. The predicted octanol–water partition coefficient (Wildman–Crippen LogP) is 4.47. The number of aromatic amines is 1. The number of hydrogen-bond acceptors (Lipinski definition) is 5. The van der Waals surface area contributed by atoms with Crippen LogP contribution in [0.4, 0.5) is 5.82 Å². The number of nitrogens with one attached hydrogen (secondary N) is 2. The van der Waals surface area contributed by atoms with Crippen molar-refractivity contribution < 1.29 is 4.79 Å². The van der Waals surface area contributed by atoms with E-state index in [2.05, 4.69) is 24.1 Å². The third-order valence-corrected chi connectivity index (χ3v) is 6.21. The number of allylic oxidation sites excluding steroid dienone is 2. The lowest BCUT2D eigenvalue weighted by Gasteiger charge is -2.32. The summed E-state index contributed by atoms with van der Waals surface area (Å²) in [5.74, 6) is 1.89. The van der Waals surface area contributed by atoms with Gasteiger partial charge >= 0.3 is 0 Å². The summed E-state index contributed by atoms with van der Waals surface area (Å²) in [6.45, 7) is 4.37. The van der Waals surface area contributed by atoms with Crippen LogP contribution in [0, 0.1) is 5.92 Å². The van der Waals surface area contributed by atoms with Gasteiger partial charge in [-0.3, -0.25) is 9.59 Å². The zero-order valence-electron chi connectivity index (χ0n) is 16.2. The Bertz CT molecular complexity index is 979. The van der Waals surface area contributed by atoms with Crippen molar-refractivity contribution >= 4 is 23.4 Å². The van der Waals surface area contributed by atoms with Crippen LogP contribution in [0.3, 0.4) is 0 Å². The van der Waals surface area contributed by atoms with E-state index in [1.807, 2.05) is 30.3 Å². The highest BCUT2D eigenvalue weighted by Crippen LogP contribution is 2.43. The lowest BCUT2D eigenvalue weighted by atomic mass is 9.76. The van der Waals surface area contributed by atoms with Crippen LogP contribution >= 0.6 is 11.8 Å². The number of benzene rings is 1. The monoisotopic (exact) mass is 395 g/mol. The first kappa shape index (κ1) is 19.0. The second-order valence-electron chi connectivity index (χ2n) is 7.80. The van der Waals surface area contributed by atoms with Gasteiger partial charge in [0.25, 0.3) is 5.56 Å². The number of nitrogens with zero attached hydrogens (tertiary/aromatic N) is 1. The van der Waals surface area contributed by atoms with Crippen LogP contribution in [0.5, 0.6) is 0 Å². The molecule has 28 heavy (non-hydrogen) atoms. The minimum absolute atomic E-state index is 0.128. The molecule has 0 saturated heterocycles. The summed E-state index contributed by atoms with van der Waals surface area (Å²) in [4.78, 5) is 33.5. The number of ketones is 1. The van der Waals surface area contributed by atoms with Crippen molar-refractivity contribution in [2.24, 2.45) is 5.92 Å². The molecule has 0 bridgehead atoms. The maximum absolute atomic E-state index is 13.1. The topological polar surface area (TPSA) is 74.8 Å². The smallest absolute Gasteiger partial charge is 0.257 e. The molecule has 4 rings (SSSR count). The van der Waals surface area contributed by atoms with Gasteiger partial charge in [-0.15, -0.1) is 0 Å². The van der Waals surface area contributed by atoms with Crippen molar-refractivity contribution in [3.05, 3.63) is 63.1 Å². The molecule has 2 heterocycles. The van der Waals surface area contributed by atoms with Gasteiger partial charge < -0.3 is 10.3 Å². The maximum Gasteiger partial charge on any atom is 0.257 e. The minimum Gasteiger partial charge on any atom is -0.343 e. The van der Waals surface area contributed by atoms with E-state index in [1.165, 1.54) is 0 Å². The number of rotatable bonds is 5. The number of Topliss-reactive ketones (excluding diaryl/α,β-unsaturated/α-hetero) is 1. The van der Waals surface area contributed by atoms with E-state index in [9.17, 15) is 9.59 Å². The van der Waals surface area contributed by atoms with Gasteiger partial charge in [0.05, 0.1) is 5.56 Å². The molecule has 1 atom stereocenters. The standard InChI is InChI=1S/C22H25N3O2S/c1-13(2)11-12-28-22-24-20-19(21(27)25-22)17(14-7-4-3-5-8-14)18-15(23-20)9-6-10-16(18)26/h3-5,7-8,13,17H,6,9-12H2,1-2H3,(H2,23,24,25,27). The zero-order chi connectivity index (χ0) is 19.7. The number of thioether (sulfide) groups is 1. The van der Waals surface area contributed by atoms with Crippen molar-refractivity contribution in [2.75, 3.05) is 11.1 Å². The van der Waals surface area contributed by atoms with Crippen molar-refractivity contribution in [2.45, 2.75) is 50.6 Å². The Hall–Kier alpha value is -2.34. The van der Waals surface area contributed by atoms with Gasteiger partial charge in [0.15, 0.2) is 10.9 Å². The molecule has 2 aromatic rings. The maximum atomic E-state index is 13.1. The molecule has 0 amide bonds. The van der Waals surface area contributed by atoms with Gasteiger partial charge in [0.1, 0.15) is 5.82 Å². The number of carbonyl (C=O) groups excluding carboxylic acids is 1. The highest BCUT2D eigenvalue weighted by molar-refractivity contribution is 7.99. The predicted molar refractivity (Wildman–Crippen MR) is 113 cm³/mol. The molecule has 1 unspecified atom stereocenters. The van der Waals surface area contributed by atoms with Crippen molar-refractivity contribution in [1.29, 1.82) is 0 Å². The molecule has 1 aromatic heterocycles. The lowest BCUT2D eigenvalue weighted by Crippen LogP contribution is -2.32. The average Bonchev–Trinajstić information content (AvgIpc) is 2.67. The molecule has 1 aromatic carbocycles. The van der Waals surface area contributed by atoms with Crippen LogP contribution in [0.25, 0.3) is 0 Å². The van der Waals surface area contributed by atoms with E-state index in [4.69, 9.17) is 4.98 Å². The van der Waals surface area contributed by atoms with Crippen molar-refractivity contribution in [1.82, 2.24) is 9.97 Å². The Morgan fingerprint density at radius 3 is 2.71 bits per heavy atom. The first-order valence-corrected chi connectivity index (χ1v) is 10.9. The number of H-pyrrole nitrogens is 1. The molecule has 0 radical (unpaired) electrons. The molecule has 2 aliphatic rings. The van der Waals surface area contributed by atoms with Crippen LogP contribution < -0.4 is 10.9 Å². The van der Waals surface area contributed by atoms with Crippen LogP contribution in [0.1, 0.15) is 56.6 Å². The van der Waals surface area contributed by atoms with E-state index in [0.29, 0.717) is 28.9 Å². The molecule has 2 N–H and O–H groups in total. The fourth-order valence-corrected chi connectivity index (χ4v) is 4.98. The number of hydrogen-bond donors (Lipinski definition) is 2. The highest BCUT2D eigenvalue weighted by Gasteiger charge is 2.37. The Labute approximate surface area is 169 Å². The second kappa shape index (κ2) is 7.95. The number of anilines is 1. The highest BCUT2D eigenvalue weighted by atomic mass is 32.2. The SMILES string of the molecule is CC(C)CCSc1nc2c(c(=O)[nH]1)C(c1ccccc1)C1=C(CCCC1=O)N2. The fourth-order valence-electron chi connectivity index (χ4n) is 3.88. The summed E-state index contributed by atoms with van der Waals surface area (Å²) in [5, 5.41) is 3.96. The molecule has 0 saturated carbocycles. The molecule has 146 valence electrons. The number of carbonyl (C=O) groups is 1. The van der Waals surface area contributed by atoms with Crippen molar-refractivity contribution in [3.63, 3.8) is 0 Å². The van der Waals surface area contributed by atoms with E-state index < -0.39 is 0 Å². The van der Waals surface area contributed by atoms with Gasteiger partial charge in [-0.25, -0.2) is 4.98 Å². The van der Waals surface area contributed by atoms with Crippen LogP contribution in [0.15, 0.2) is 51.6 Å².